The highest BCUT2D eigenvalue weighted by atomic mass is 32.1. The molecule has 0 unspecified atom stereocenters. The van der Waals surface area contributed by atoms with E-state index in [-0.39, 0.29) is 17.3 Å². The molecular formula is C18H13N7O2S. The number of rotatable bonds is 5. The molecule has 4 rings (SSSR count). The van der Waals surface area contributed by atoms with Gasteiger partial charge in [0.2, 0.25) is 11.6 Å². The van der Waals surface area contributed by atoms with E-state index >= 15 is 0 Å². The van der Waals surface area contributed by atoms with Crippen LogP contribution in [0.1, 0.15) is 0 Å². The van der Waals surface area contributed by atoms with Gasteiger partial charge >= 0.3 is 5.69 Å². The lowest BCUT2D eigenvalue weighted by atomic mass is 10.1. The van der Waals surface area contributed by atoms with Crippen molar-refractivity contribution in [3.8, 4) is 22.0 Å². The third kappa shape index (κ3) is 3.48. The lowest BCUT2D eigenvalue weighted by Gasteiger charge is -2.08. The lowest BCUT2D eigenvalue weighted by molar-refractivity contribution is -0.383. The van der Waals surface area contributed by atoms with Crippen LogP contribution in [0.5, 0.6) is 0 Å². The minimum atomic E-state index is -0.610. The van der Waals surface area contributed by atoms with Gasteiger partial charge in [0.05, 0.1) is 16.3 Å². The summed E-state index contributed by atoms with van der Waals surface area (Å²) in [5, 5.41) is 16.9. The number of aromatic nitrogens is 4. The Morgan fingerprint density at radius 3 is 2.75 bits per heavy atom. The standard InChI is InChI=1S/C18H13N7O2S/c19-16-15(25(26)27)17(22-10-21-16)23-12-5-3-4-11(8-12)14-9-28-18(24-14)13-6-1-2-7-20-13/h1-10H,(H3,19,21,22,23). The summed E-state index contributed by atoms with van der Waals surface area (Å²) >= 11 is 1.50. The maximum absolute atomic E-state index is 11.2. The molecular weight excluding hydrogens is 378 g/mol. The normalized spacial score (nSPS) is 10.6. The molecule has 3 aromatic heterocycles. The predicted molar refractivity (Wildman–Crippen MR) is 107 cm³/mol. The number of nitrogens with one attached hydrogen (secondary N) is 1. The molecule has 0 amide bonds. The van der Waals surface area contributed by atoms with E-state index in [4.69, 9.17) is 5.73 Å². The van der Waals surface area contributed by atoms with Crippen LogP contribution in [0.15, 0.2) is 60.4 Å². The summed E-state index contributed by atoms with van der Waals surface area (Å²) in [5.74, 6) is -0.166. The average Bonchev–Trinajstić information content (AvgIpc) is 3.19. The number of nitrogens with two attached hydrogens (primary N) is 1. The Kier molecular flexibility index (Phi) is 4.60. The monoisotopic (exact) mass is 391 g/mol. The van der Waals surface area contributed by atoms with Gasteiger partial charge in [0.1, 0.15) is 11.3 Å². The Morgan fingerprint density at radius 2 is 1.96 bits per heavy atom. The van der Waals surface area contributed by atoms with Crippen molar-refractivity contribution in [3.63, 3.8) is 0 Å². The van der Waals surface area contributed by atoms with Crippen LogP contribution in [-0.4, -0.2) is 24.9 Å². The Morgan fingerprint density at radius 1 is 1.07 bits per heavy atom. The number of anilines is 3. The number of pyridine rings is 1. The van der Waals surface area contributed by atoms with Gasteiger partial charge in [-0.3, -0.25) is 15.1 Å². The maximum atomic E-state index is 11.2. The zero-order valence-corrected chi connectivity index (χ0v) is 15.1. The summed E-state index contributed by atoms with van der Waals surface area (Å²) in [6.45, 7) is 0. The quantitative estimate of drug-likeness (QED) is 0.386. The number of thiazole rings is 1. The van der Waals surface area contributed by atoms with Crippen LogP contribution in [0.4, 0.5) is 23.0 Å². The second kappa shape index (κ2) is 7.37. The summed E-state index contributed by atoms with van der Waals surface area (Å²) < 4.78 is 0. The first-order chi connectivity index (χ1) is 13.6. The highest BCUT2D eigenvalue weighted by Gasteiger charge is 2.21. The van der Waals surface area contributed by atoms with Crippen molar-refractivity contribution in [3.05, 3.63) is 70.5 Å². The van der Waals surface area contributed by atoms with Gasteiger partial charge in [-0.05, 0) is 24.3 Å². The Labute approximate surface area is 163 Å². The Balaban J connectivity index is 1.64. The molecule has 0 aliphatic carbocycles. The number of hydrogen-bond acceptors (Lipinski definition) is 9. The molecule has 0 bridgehead atoms. The number of nitrogen functional groups attached to an aromatic ring is 1. The minimum absolute atomic E-state index is 0.0297. The second-order valence-corrected chi connectivity index (χ2v) is 6.53. The van der Waals surface area contributed by atoms with Gasteiger partial charge in [-0.2, -0.15) is 0 Å². The molecule has 0 atom stereocenters. The van der Waals surface area contributed by atoms with Gasteiger partial charge in [-0.1, -0.05) is 18.2 Å². The molecule has 0 aliphatic rings. The summed E-state index contributed by atoms with van der Waals surface area (Å²) in [7, 11) is 0. The van der Waals surface area contributed by atoms with E-state index in [1.165, 1.54) is 17.7 Å². The fraction of sp³-hybridized carbons (Fsp3) is 0. The molecule has 138 valence electrons. The number of nitro groups is 1. The maximum Gasteiger partial charge on any atom is 0.353 e. The lowest BCUT2D eigenvalue weighted by Crippen LogP contribution is -2.05. The molecule has 0 aliphatic heterocycles. The summed E-state index contributed by atoms with van der Waals surface area (Å²) in [6, 6.07) is 13.0. The van der Waals surface area contributed by atoms with Crippen LogP contribution in [0.25, 0.3) is 22.0 Å². The highest BCUT2D eigenvalue weighted by molar-refractivity contribution is 7.13. The minimum Gasteiger partial charge on any atom is -0.378 e. The van der Waals surface area contributed by atoms with E-state index in [9.17, 15) is 10.1 Å². The fourth-order valence-corrected chi connectivity index (χ4v) is 3.37. The zero-order valence-electron chi connectivity index (χ0n) is 14.3. The van der Waals surface area contributed by atoms with E-state index in [0.29, 0.717) is 5.69 Å². The summed E-state index contributed by atoms with van der Waals surface area (Å²) in [5.41, 5.74) is 8.31. The van der Waals surface area contributed by atoms with Gasteiger partial charge < -0.3 is 11.1 Å². The third-order valence-corrected chi connectivity index (χ3v) is 4.71. The summed E-state index contributed by atoms with van der Waals surface area (Å²) in [4.78, 5) is 27.2. The molecule has 28 heavy (non-hydrogen) atoms. The van der Waals surface area contributed by atoms with Gasteiger partial charge in [0.25, 0.3) is 0 Å². The first kappa shape index (κ1) is 17.5. The molecule has 0 spiro atoms. The first-order valence-electron chi connectivity index (χ1n) is 8.11. The average molecular weight is 391 g/mol. The SMILES string of the molecule is Nc1ncnc(Nc2cccc(-c3csc(-c4ccccn4)n3)c2)c1[N+](=O)[O-]. The molecule has 3 heterocycles. The van der Waals surface area contributed by atoms with Crippen LogP contribution in [-0.2, 0) is 0 Å². The van der Waals surface area contributed by atoms with E-state index < -0.39 is 4.92 Å². The van der Waals surface area contributed by atoms with E-state index in [1.54, 1.807) is 12.3 Å². The van der Waals surface area contributed by atoms with Crippen molar-refractivity contribution >= 4 is 34.3 Å². The molecule has 0 saturated heterocycles. The molecule has 9 nitrogen and oxygen atoms in total. The zero-order chi connectivity index (χ0) is 19.5. The fourth-order valence-electron chi connectivity index (χ4n) is 2.57. The molecule has 1 aromatic carbocycles. The molecule has 0 fully saturated rings. The second-order valence-electron chi connectivity index (χ2n) is 5.67. The van der Waals surface area contributed by atoms with Crippen molar-refractivity contribution in [1.82, 2.24) is 19.9 Å². The van der Waals surface area contributed by atoms with Crippen LogP contribution < -0.4 is 11.1 Å². The van der Waals surface area contributed by atoms with Crippen LogP contribution in [0.3, 0.4) is 0 Å². The molecule has 4 aromatic rings. The van der Waals surface area contributed by atoms with Gasteiger partial charge in [0, 0.05) is 22.8 Å². The predicted octanol–water partition coefficient (Wildman–Crippen LogP) is 3.90. The molecule has 10 heteroatoms. The van der Waals surface area contributed by atoms with E-state index in [1.807, 2.05) is 41.8 Å². The topological polar surface area (TPSA) is 133 Å². The van der Waals surface area contributed by atoms with Crippen molar-refractivity contribution in [2.24, 2.45) is 0 Å². The van der Waals surface area contributed by atoms with Crippen LogP contribution in [0.2, 0.25) is 0 Å². The van der Waals surface area contributed by atoms with E-state index in [2.05, 4.69) is 25.3 Å². The van der Waals surface area contributed by atoms with Gasteiger partial charge in [0.15, 0.2) is 0 Å². The van der Waals surface area contributed by atoms with Gasteiger partial charge in [-0.25, -0.2) is 15.0 Å². The smallest absolute Gasteiger partial charge is 0.353 e. The highest BCUT2D eigenvalue weighted by Crippen LogP contribution is 2.32. The largest absolute Gasteiger partial charge is 0.378 e. The van der Waals surface area contributed by atoms with Crippen molar-refractivity contribution in [2.75, 3.05) is 11.1 Å². The molecule has 3 N–H and O–H groups in total. The third-order valence-electron chi connectivity index (χ3n) is 3.84. The number of hydrogen-bond donors (Lipinski definition) is 2. The number of benzene rings is 1. The first-order valence-corrected chi connectivity index (χ1v) is 8.99. The van der Waals surface area contributed by atoms with Crippen LogP contribution in [0, 0.1) is 10.1 Å². The van der Waals surface area contributed by atoms with Crippen molar-refractivity contribution in [1.29, 1.82) is 0 Å². The molecule has 0 saturated carbocycles. The summed E-state index contributed by atoms with van der Waals surface area (Å²) in [6.07, 6.45) is 2.90. The van der Waals surface area contributed by atoms with Crippen LogP contribution >= 0.6 is 11.3 Å². The van der Waals surface area contributed by atoms with Gasteiger partial charge in [-0.15, -0.1) is 11.3 Å². The van der Waals surface area contributed by atoms with E-state index in [0.717, 1.165) is 22.0 Å². The Bertz CT molecular complexity index is 1150. The molecule has 0 radical (unpaired) electrons. The van der Waals surface area contributed by atoms with Crippen molar-refractivity contribution < 1.29 is 4.92 Å². The number of nitrogens with zero attached hydrogens (tertiary/aromatic N) is 5. The Hall–Kier alpha value is -3.92. The van der Waals surface area contributed by atoms with Crippen molar-refractivity contribution in [2.45, 2.75) is 0 Å².